The molecule has 0 fully saturated rings. The second kappa shape index (κ2) is 5.53. The third kappa shape index (κ3) is 3.01. The predicted molar refractivity (Wildman–Crippen MR) is 77.5 cm³/mol. The Morgan fingerprint density at radius 2 is 1.95 bits per heavy atom. The molecule has 4 nitrogen and oxygen atoms in total. The Balaban J connectivity index is 2.27. The minimum atomic E-state index is 0.485. The summed E-state index contributed by atoms with van der Waals surface area (Å²) >= 11 is 0. The van der Waals surface area contributed by atoms with Crippen LogP contribution < -0.4 is 5.32 Å². The van der Waals surface area contributed by atoms with Crippen molar-refractivity contribution >= 4 is 0 Å². The molecule has 102 valence electrons. The fourth-order valence-corrected chi connectivity index (χ4v) is 2.01. The van der Waals surface area contributed by atoms with E-state index in [0.717, 1.165) is 23.8 Å². The van der Waals surface area contributed by atoms with Crippen molar-refractivity contribution in [3.8, 4) is 5.82 Å². The molecule has 0 bridgehead atoms. The van der Waals surface area contributed by atoms with Crippen molar-refractivity contribution in [2.75, 3.05) is 0 Å². The van der Waals surface area contributed by atoms with Crippen LogP contribution in [-0.2, 0) is 6.54 Å². The summed E-state index contributed by atoms with van der Waals surface area (Å²) in [4.78, 5) is 8.91. The van der Waals surface area contributed by atoms with Gasteiger partial charge in [0.1, 0.15) is 12.1 Å². The second-order valence-corrected chi connectivity index (χ2v) is 5.31. The van der Waals surface area contributed by atoms with Crippen LogP contribution in [0.5, 0.6) is 0 Å². The summed E-state index contributed by atoms with van der Waals surface area (Å²) in [5.41, 5.74) is 4.57. The molecule has 19 heavy (non-hydrogen) atoms. The van der Waals surface area contributed by atoms with Gasteiger partial charge in [0.05, 0.1) is 5.69 Å². The molecule has 0 saturated heterocycles. The van der Waals surface area contributed by atoms with Gasteiger partial charge in [-0.15, -0.1) is 0 Å². The lowest BCUT2D eigenvalue weighted by Crippen LogP contribution is -2.22. The van der Waals surface area contributed by atoms with E-state index < -0.39 is 0 Å². The van der Waals surface area contributed by atoms with Gasteiger partial charge in [0.15, 0.2) is 0 Å². The minimum absolute atomic E-state index is 0.485. The number of aromatic nitrogens is 3. The normalized spacial score (nSPS) is 11.3. The molecule has 0 aliphatic heterocycles. The van der Waals surface area contributed by atoms with Gasteiger partial charge in [-0.25, -0.2) is 9.97 Å². The molecule has 2 rings (SSSR count). The molecule has 4 heteroatoms. The summed E-state index contributed by atoms with van der Waals surface area (Å²) in [6.45, 7) is 11.3. The molecule has 0 radical (unpaired) electrons. The lowest BCUT2D eigenvalue weighted by Gasteiger charge is -2.12. The van der Waals surface area contributed by atoms with Gasteiger partial charge in [-0.3, -0.25) is 4.57 Å². The summed E-state index contributed by atoms with van der Waals surface area (Å²) in [7, 11) is 0. The van der Waals surface area contributed by atoms with Crippen LogP contribution in [0, 0.1) is 20.8 Å². The molecule has 0 spiro atoms. The number of rotatable bonds is 4. The highest BCUT2D eigenvalue weighted by atomic mass is 15.1. The van der Waals surface area contributed by atoms with Crippen LogP contribution in [-0.4, -0.2) is 20.6 Å². The molecule has 0 aromatic carbocycles. The number of aryl methyl sites for hydroxylation is 2. The fourth-order valence-electron chi connectivity index (χ4n) is 2.01. The van der Waals surface area contributed by atoms with Crippen molar-refractivity contribution in [2.45, 2.75) is 47.2 Å². The van der Waals surface area contributed by atoms with Crippen molar-refractivity contribution in [3.05, 3.63) is 41.1 Å². The molecule has 0 saturated carbocycles. The Hall–Kier alpha value is -1.68. The monoisotopic (exact) mass is 258 g/mol. The average molecular weight is 258 g/mol. The van der Waals surface area contributed by atoms with Crippen molar-refractivity contribution in [2.24, 2.45) is 0 Å². The summed E-state index contributed by atoms with van der Waals surface area (Å²) in [6, 6.07) is 2.67. The molecule has 2 aromatic heterocycles. The number of pyridine rings is 1. The number of imidazole rings is 1. The van der Waals surface area contributed by atoms with E-state index >= 15 is 0 Å². The van der Waals surface area contributed by atoms with Gasteiger partial charge in [-0.05, 0) is 38.0 Å². The van der Waals surface area contributed by atoms with Crippen LogP contribution in [0.2, 0.25) is 0 Å². The van der Waals surface area contributed by atoms with Crippen LogP contribution in [0.1, 0.15) is 36.4 Å². The molecule has 0 amide bonds. The van der Waals surface area contributed by atoms with Crippen molar-refractivity contribution < 1.29 is 0 Å². The first-order valence-corrected chi connectivity index (χ1v) is 6.69. The maximum atomic E-state index is 4.58. The third-order valence-corrected chi connectivity index (χ3v) is 3.30. The first kappa shape index (κ1) is 13.7. The highest BCUT2D eigenvalue weighted by Crippen LogP contribution is 2.16. The largest absolute Gasteiger partial charge is 0.310 e. The summed E-state index contributed by atoms with van der Waals surface area (Å²) in [5, 5.41) is 3.40. The number of hydrogen-bond acceptors (Lipinski definition) is 3. The maximum Gasteiger partial charge on any atom is 0.140 e. The molecule has 0 unspecified atom stereocenters. The number of hydrogen-bond donors (Lipinski definition) is 1. The van der Waals surface area contributed by atoms with Crippen molar-refractivity contribution in [1.82, 2.24) is 19.9 Å². The highest BCUT2D eigenvalue weighted by molar-refractivity contribution is 5.37. The Labute approximate surface area is 114 Å². The Bertz CT molecular complexity index is 570. The van der Waals surface area contributed by atoms with Crippen LogP contribution in [0.15, 0.2) is 18.6 Å². The molecule has 0 aliphatic rings. The summed E-state index contributed by atoms with van der Waals surface area (Å²) in [6.07, 6.45) is 3.78. The predicted octanol–water partition coefficient (Wildman–Crippen LogP) is 2.69. The van der Waals surface area contributed by atoms with E-state index in [1.54, 1.807) is 0 Å². The van der Waals surface area contributed by atoms with Gasteiger partial charge in [0, 0.05) is 24.5 Å². The Morgan fingerprint density at radius 1 is 1.21 bits per heavy atom. The molecule has 2 heterocycles. The van der Waals surface area contributed by atoms with Crippen LogP contribution in [0.25, 0.3) is 5.82 Å². The molecular weight excluding hydrogens is 236 g/mol. The number of nitrogens with one attached hydrogen (secondary N) is 1. The first-order valence-electron chi connectivity index (χ1n) is 6.69. The lowest BCUT2D eigenvalue weighted by molar-refractivity contribution is 0.587. The van der Waals surface area contributed by atoms with Crippen molar-refractivity contribution in [1.29, 1.82) is 0 Å². The fraction of sp³-hybridized carbons (Fsp3) is 0.467. The zero-order chi connectivity index (χ0) is 14.0. The summed E-state index contributed by atoms with van der Waals surface area (Å²) < 4.78 is 2.05. The van der Waals surface area contributed by atoms with E-state index in [9.17, 15) is 0 Å². The first-order chi connectivity index (χ1) is 8.99. The van der Waals surface area contributed by atoms with Crippen LogP contribution >= 0.6 is 0 Å². The molecule has 0 aliphatic carbocycles. The van der Waals surface area contributed by atoms with Gasteiger partial charge in [0.25, 0.3) is 0 Å². The van der Waals surface area contributed by atoms with Gasteiger partial charge in [-0.1, -0.05) is 13.8 Å². The van der Waals surface area contributed by atoms with E-state index in [2.05, 4.69) is 49.0 Å². The maximum absolute atomic E-state index is 4.58. The average Bonchev–Trinajstić information content (AvgIpc) is 2.68. The molecule has 1 N–H and O–H groups in total. The van der Waals surface area contributed by atoms with E-state index in [4.69, 9.17) is 0 Å². The van der Waals surface area contributed by atoms with E-state index in [1.165, 1.54) is 11.1 Å². The SMILES string of the molecule is Cc1cc(CNC(C)C)cnc1-n1cnc(C)c1C. The van der Waals surface area contributed by atoms with Crippen LogP contribution in [0.3, 0.4) is 0 Å². The minimum Gasteiger partial charge on any atom is -0.310 e. The van der Waals surface area contributed by atoms with E-state index in [0.29, 0.717) is 6.04 Å². The smallest absolute Gasteiger partial charge is 0.140 e. The van der Waals surface area contributed by atoms with Crippen molar-refractivity contribution in [3.63, 3.8) is 0 Å². The topological polar surface area (TPSA) is 42.7 Å². The Morgan fingerprint density at radius 3 is 2.47 bits per heavy atom. The zero-order valence-electron chi connectivity index (χ0n) is 12.4. The molecular formula is C15H22N4. The third-order valence-electron chi connectivity index (χ3n) is 3.30. The quantitative estimate of drug-likeness (QED) is 0.917. The standard InChI is InChI=1S/C15H22N4/c1-10(2)16-7-14-6-11(3)15(17-8-14)19-9-18-12(4)13(19)5/h6,8-10,16H,7H2,1-5H3. The molecule has 2 aromatic rings. The lowest BCUT2D eigenvalue weighted by atomic mass is 10.2. The van der Waals surface area contributed by atoms with Gasteiger partial charge < -0.3 is 5.32 Å². The number of nitrogens with zero attached hydrogens (tertiary/aromatic N) is 3. The van der Waals surface area contributed by atoms with Gasteiger partial charge >= 0.3 is 0 Å². The van der Waals surface area contributed by atoms with E-state index in [-0.39, 0.29) is 0 Å². The van der Waals surface area contributed by atoms with Crippen LogP contribution in [0.4, 0.5) is 0 Å². The highest BCUT2D eigenvalue weighted by Gasteiger charge is 2.09. The Kier molecular flexibility index (Phi) is 4.00. The van der Waals surface area contributed by atoms with E-state index in [1.807, 2.05) is 24.0 Å². The summed E-state index contributed by atoms with van der Waals surface area (Å²) in [5.74, 6) is 0.964. The zero-order valence-corrected chi connectivity index (χ0v) is 12.4. The molecule has 0 atom stereocenters. The second-order valence-electron chi connectivity index (χ2n) is 5.31. The van der Waals surface area contributed by atoms with Gasteiger partial charge in [0.2, 0.25) is 0 Å². The van der Waals surface area contributed by atoms with Gasteiger partial charge in [-0.2, -0.15) is 0 Å².